The lowest BCUT2D eigenvalue weighted by molar-refractivity contribution is 0.103. The molecule has 15 heavy (non-hydrogen) atoms. The fourth-order valence-electron chi connectivity index (χ4n) is 1.43. The zero-order valence-corrected chi connectivity index (χ0v) is 9.76. The van der Waals surface area contributed by atoms with Crippen molar-refractivity contribution in [3.05, 3.63) is 39.6 Å². The topological polar surface area (TPSA) is 34.9 Å². The number of nitrogens with zero attached hydrogens (tertiary/aromatic N) is 2. The van der Waals surface area contributed by atoms with Crippen LogP contribution in [-0.2, 0) is 7.05 Å². The molecular formula is C11H12N2OS. The van der Waals surface area contributed by atoms with E-state index in [4.69, 9.17) is 0 Å². The van der Waals surface area contributed by atoms with Crippen LogP contribution in [0.1, 0.15) is 26.8 Å². The summed E-state index contributed by atoms with van der Waals surface area (Å²) in [7, 11) is 1.86. The lowest BCUT2D eigenvalue weighted by Crippen LogP contribution is -2.07. The largest absolute Gasteiger partial charge is 0.329 e. The molecule has 0 fully saturated rings. The molecule has 2 heterocycles. The first-order valence-corrected chi connectivity index (χ1v) is 5.56. The third kappa shape index (κ3) is 1.61. The molecule has 2 aromatic heterocycles. The van der Waals surface area contributed by atoms with Crippen molar-refractivity contribution < 1.29 is 4.79 Å². The smallest absolute Gasteiger partial charge is 0.221 e. The van der Waals surface area contributed by atoms with Gasteiger partial charge >= 0.3 is 0 Å². The molecule has 0 radical (unpaired) electrons. The maximum atomic E-state index is 12.1. The van der Waals surface area contributed by atoms with Gasteiger partial charge in [-0.2, -0.15) is 0 Å². The SMILES string of the molecule is Cc1ccsc1C(=O)c1cnc(C)n1C. The van der Waals surface area contributed by atoms with Crippen LogP contribution in [0, 0.1) is 13.8 Å². The van der Waals surface area contributed by atoms with Crippen LogP contribution in [0.5, 0.6) is 0 Å². The Balaban J connectivity index is 2.46. The predicted molar refractivity (Wildman–Crippen MR) is 60.4 cm³/mol. The van der Waals surface area contributed by atoms with Crippen molar-refractivity contribution in [2.45, 2.75) is 13.8 Å². The second-order valence-electron chi connectivity index (χ2n) is 3.51. The van der Waals surface area contributed by atoms with Gasteiger partial charge in [0.05, 0.1) is 11.1 Å². The molecule has 0 saturated heterocycles. The Morgan fingerprint density at radius 1 is 1.47 bits per heavy atom. The number of ketones is 1. The van der Waals surface area contributed by atoms with Crippen LogP contribution in [0.25, 0.3) is 0 Å². The first-order valence-electron chi connectivity index (χ1n) is 4.68. The van der Waals surface area contributed by atoms with E-state index in [0.29, 0.717) is 5.69 Å². The van der Waals surface area contributed by atoms with Crippen molar-refractivity contribution in [3.8, 4) is 0 Å². The monoisotopic (exact) mass is 220 g/mol. The van der Waals surface area contributed by atoms with Crippen LogP contribution in [0.15, 0.2) is 17.6 Å². The molecule has 0 atom stereocenters. The van der Waals surface area contributed by atoms with Gasteiger partial charge < -0.3 is 4.57 Å². The number of hydrogen-bond donors (Lipinski definition) is 0. The molecule has 0 aliphatic carbocycles. The van der Waals surface area contributed by atoms with Crippen LogP contribution < -0.4 is 0 Å². The lowest BCUT2D eigenvalue weighted by atomic mass is 10.2. The van der Waals surface area contributed by atoms with E-state index in [2.05, 4.69) is 4.98 Å². The number of aromatic nitrogens is 2. The average Bonchev–Trinajstić information content (AvgIpc) is 2.75. The zero-order chi connectivity index (χ0) is 11.0. The second-order valence-corrected chi connectivity index (χ2v) is 4.43. The summed E-state index contributed by atoms with van der Waals surface area (Å²) in [6, 6.07) is 1.96. The molecule has 4 heteroatoms. The zero-order valence-electron chi connectivity index (χ0n) is 8.94. The summed E-state index contributed by atoms with van der Waals surface area (Å²) >= 11 is 1.48. The molecule has 0 aromatic carbocycles. The predicted octanol–water partition coefficient (Wildman–Crippen LogP) is 2.33. The van der Waals surface area contributed by atoms with Gasteiger partial charge in [-0.3, -0.25) is 4.79 Å². The molecule has 0 aliphatic rings. The number of rotatable bonds is 2. The molecule has 0 bridgehead atoms. The van der Waals surface area contributed by atoms with Crippen molar-refractivity contribution in [3.63, 3.8) is 0 Å². The van der Waals surface area contributed by atoms with E-state index in [1.54, 1.807) is 6.20 Å². The molecule has 2 rings (SSSR count). The van der Waals surface area contributed by atoms with Gasteiger partial charge in [-0.15, -0.1) is 11.3 Å². The minimum absolute atomic E-state index is 0.0607. The minimum Gasteiger partial charge on any atom is -0.329 e. The molecule has 0 N–H and O–H groups in total. The molecule has 0 saturated carbocycles. The highest BCUT2D eigenvalue weighted by Crippen LogP contribution is 2.19. The Labute approximate surface area is 92.4 Å². The van der Waals surface area contributed by atoms with Gasteiger partial charge in [0.15, 0.2) is 0 Å². The van der Waals surface area contributed by atoms with Crippen molar-refractivity contribution >= 4 is 17.1 Å². The Hall–Kier alpha value is -1.42. The number of hydrogen-bond acceptors (Lipinski definition) is 3. The fourth-order valence-corrected chi connectivity index (χ4v) is 2.31. The van der Waals surface area contributed by atoms with Gasteiger partial charge in [0.25, 0.3) is 0 Å². The van der Waals surface area contributed by atoms with E-state index < -0.39 is 0 Å². The van der Waals surface area contributed by atoms with Crippen LogP contribution in [-0.4, -0.2) is 15.3 Å². The number of thiophene rings is 1. The van der Waals surface area contributed by atoms with E-state index in [0.717, 1.165) is 16.3 Å². The standard InChI is InChI=1S/C11H12N2OS/c1-7-4-5-15-11(7)10(14)9-6-12-8(2)13(9)3/h4-6H,1-3H3. The summed E-state index contributed by atoms with van der Waals surface area (Å²) in [5.74, 6) is 0.915. The minimum atomic E-state index is 0.0607. The number of carbonyl (C=O) groups excluding carboxylic acids is 1. The molecule has 78 valence electrons. The lowest BCUT2D eigenvalue weighted by Gasteiger charge is -2.01. The highest BCUT2D eigenvalue weighted by atomic mass is 32.1. The van der Waals surface area contributed by atoms with Gasteiger partial charge in [0.1, 0.15) is 11.5 Å². The Kier molecular flexibility index (Phi) is 2.44. The second kappa shape index (κ2) is 3.62. The Morgan fingerprint density at radius 3 is 2.67 bits per heavy atom. The molecule has 0 aliphatic heterocycles. The third-order valence-electron chi connectivity index (χ3n) is 2.52. The maximum Gasteiger partial charge on any atom is 0.221 e. The van der Waals surface area contributed by atoms with Gasteiger partial charge in [0, 0.05) is 7.05 Å². The van der Waals surface area contributed by atoms with Crippen LogP contribution in [0.2, 0.25) is 0 Å². The van der Waals surface area contributed by atoms with Crippen molar-refractivity contribution in [2.24, 2.45) is 7.05 Å². The van der Waals surface area contributed by atoms with Crippen molar-refractivity contribution in [1.29, 1.82) is 0 Å². The van der Waals surface area contributed by atoms with E-state index in [1.807, 2.05) is 36.9 Å². The average molecular weight is 220 g/mol. The summed E-state index contributed by atoms with van der Waals surface area (Å²) in [4.78, 5) is 17.0. The fraction of sp³-hybridized carbons (Fsp3) is 0.273. The molecule has 3 nitrogen and oxygen atoms in total. The number of aryl methyl sites for hydroxylation is 2. The molecule has 0 spiro atoms. The van der Waals surface area contributed by atoms with Gasteiger partial charge in [-0.25, -0.2) is 4.98 Å². The Bertz CT molecular complexity index is 510. The van der Waals surface area contributed by atoms with Crippen LogP contribution >= 0.6 is 11.3 Å². The highest BCUT2D eigenvalue weighted by molar-refractivity contribution is 7.12. The summed E-state index contributed by atoms with van der Waals surface area (Å²) in [5.41, 5.74) is 1.68. The third-order valence-corrected chi connectivity index (χ3v) is 3.54. The van der Waals surface area contributed by atoms with Crippen LogP contribution in [0.3, 0.4) is 0 Å². The summed E-state index contributed by atoms with van der Waals surface area (Å²) in [5, 5.41) is 1.94. The molecule has 0 amide bonds. The first-order chi connectivity index (χ1) is 7.11. The van der Waals surface area contributed by atoms with Gasteiger partial charge in [0.2, 0.25) is 5.78 Å². The van der Waals surface area contributed by atoms with Gasteiger partial charge in [-0.1, -0.05) is 0 Å². The van der Waals surface area contributed by atoms with Crippen molar-refractivity contribution in [1.82, 2.24) is 9.55 Å². The van der Waals surface area contributed by atoms with E-state index in [1.165, 1.54) is 11.3 Å². The number of imidazole rings is 1. The normalized spacial score (nSPS) is 10.6. The highest BCUT2D eigenvalue weighted by Gasteiger charge is 2.17. The van der Waals surface area contributed by atoms with Crippen LogP contribution in [0.4, 0.5) is 0 Å². The summed E-state index contributed by atoms with van der Waals surface area (Å²) in [6.07, 6.45) is 1.64. The van der Waals surface area contributed by atoms with Gasteiger partial charge in [-0.05, 0) is 30.9 Å². The Morgan fingerprint density at radius 2 is 2.20 bits per heavy atom. The number of carbonyl (C=O) groups is 1. The quantitative estimate of drug-likeness (QED) is 0.728. The van der Waals surface area contributed by atoms with E-state index >= 15 is 0 Å². The molecule has 0 unspecified atom stereocenters. The van der Waals surface area contributed by atoms with Crippen molar-refractivity contribution in [2.75, 3.05) is 0 Å². The first kappa shape index (κ1) is 10.1. The van der Waals surface area contributed by atoms with E-state index in [-0.39, 0.29) is 5.78 Å². The molecular weight excluding hydrogens is 208 g/mol. The summed E-state index contributed by atoms with van der Waals surface area (Å²) < 4.78 is 1.82. The maximum absolute atomic E-state index is 12.1. The summed E-state index contributed by atoms with van der Waals surface area (Å²) in [6.45, 7) is 3.84. The molecule has 2 aromatic rings. The van der Waals surface area contributed by atoms with E-state index in [9.17, 15) is 4.79 Å².